The maximum Gasteiger partial charge on any atom is 0.331 e. The van der Waals surface area contributed by atoms with Gasteiger partial charge in [-0.1, -0.05) is 12.1 Å². The summed E-state index contributed by atoms with van der Waals surface area (Å²) in [7, 11) is 0. The molecule has 26 heavy (non-hydrogen) atoms. The van der Waals surface area contributed by atoms with Gasteiger partial charge in [0.05, 0.1) is 21.4 Å². The van der Waals surface area contributed by atoms with Crippen molar-refractivity contribution < 1.29 is 18.4 Å². The lowest BCUT2D eigenvalue weighted by Gasteiger charge is -1.99. The summed E-state index contributed by atoms with van der Waals surface area (Å²) >= 11 is 6.04. The third kappa shape index (κ3) is 5.81. The topological polar surface area (TPSA) is 82.9 Å². The van der Waals surface area contributed by atoms with Crippen molar-refractivity contribution in [2.75, 3.05) is 0 Å². The van der Waals surface area contributed by atoms with Crippen LogP contribution in [0.15, 0.2) is 55.5 Å². The van der Waals surface area contributed by atoms with Gasteiger partial charge in [-0.25, -0.2) is 19.6 Å². The molecule has 2 aromatic carbocycles. The number of carbonyl (C=O) groups excluding carboxylic acids is 2. The number of nitrogens with zero attached hydrogens (tertiary/aromatic N) is 2. The predicted molar refractivity (Wildman–Crippen MR) is 99.7 cm³/mol. The number of carbonyl (C=O) groups is 2. The molecule has 10 heteroatoms. The molecule has 2 aromatic rings. The second kappa shape index (κ2) is 9.30. The van der Waals surface area contributed by atoms with Crippen LogP contribution in [0.2, 0.25) is 0 Å². The summed E-state index contributed by atoms with van der Waals surface area (Å²) in [4.78, 5) is 23.1. The number of benzene rings is 2. The summed E-state index contributed by atoms with van der Waals surface area (Å²) in [5.74, 6) is -2.95. The average Bonchev–Trinajstić information content (AvgIpc) is 2.61. The molecule has 0 unspecified atom stereocenters. The molecule has 6 nitrogen and oxygen atoms in total. The number of hydrazone groups is 2. The largest absolute Gasteiger partial charge is 0.331 e. The molecule has 0 radical (unpaired) electrons. The fourth-order valence-electron chi connectivity index (χ4n) is 1.62. The molecule has 0 aromatic heterocycles. The van der Waals surface area contributed by atoms with Gasteiger partial charge in [-0.15, -0.1) is 0 Å². The van der Waals surface area contributed by atoms with Crippen molar-refractivity contribution >= 4 is 56.1 Å². The lowest BCUT2D eigenvalue weighted by molar-refractivity contribution is -0.139. The minimum atomic E-state index is -1.04. The van der Waals surface area contributed by atoms with Gasteiger partial charge in [0.1, 0.15) is 11.6 Å². The lowest BCUT2D eigenvalue weighted by atomic mass is 10.2. The zero-order valence-corrected chi connectivity index (χ0v) is 16.0. The molecule has 0 heterocycles. The number of amides is 2. The molecule has 0 aliphatic rings. The molecular weight excluding hydrogens is 478 g/mol. The summed E-state index contributed by atoms with van der Waals surface area (Å²) < 4.78 is 26.7. The molecule has 2 rings (SSSR count). The lowest BCUT2D eigenvalue weighted by Crippen LogP contribution is -2.35. The third-order valence-electron chi connectivity index (χ3n) is 2.85. The Bertz CT molecular complexity index is 830. The Morgan fingerprint density at radius 3 is 1.54 bits per heavy atom. The van der Waals surface area contributed by atoms with Crippen LogP contribution in [0.1, 0.15) is 11.1 Å². The van der Waals surface area contributed by atoms with E-state index in [2.05, 4.69) is 42.1 Å². The fraction of sp³-hybridized carbons (Fsp3) is 0. The van der Waals surface area contributed by atoms with E-state index in [1.807, 2.05) is 10.9 Å². The SMILES string of the molecule is O=C(N/N=C\c1ccc(F)c(Br)c1)C(=O)N/N=C\c1ccc(F)c(Br)c1. The van der Waals surface area contributed by atoms with Gasteiger partial charge >= 0.3 is 11.8 Å². The number of rotatable bonds is 4. The van der Waals surface area contributed by atoms with Crippen molar-refractivity contribution in [3.63, 3.8) is 0 Å². The van der Waals surface area contributed by atoms with E-state index in [1.54, 1.807) is 0 Å². The van der Waals surface area contributed by atoms with Crippen molar-refractivity contribution in [1.29, 1.82) is 0 Å². The molecule has 0 saturated heterocycles. The summed E-state index contributed by atoms with van der Waals surface area (Å²) in [5.41, 5.74) is 5.04. The van der Waals surface area contributed by atoms with Gasteiger partial charge < -0.3 is 0 Å². The van der Waals surface area contributed by atoms with Crippen molar-refractivity contribution in [2.24, 2.45) is 10.2 Å². The molecule has 0 aliphatic heterocycles. The maximum atomic E-state index is 13.1. The van der Waals surface area contributed by atoms with E-state index in [4.69, 9.17) is 0 Å². The van der Waals surface area contributed by atoms with Gasteiger partial charge in [-0.05, 0) is 67.3 Å². The monoisotopic (exact) mass is 486 g/mol. The highest BCUT2D eigenvalue weighted by atomic mass is 79.9. The van der Waals surface area contributed by atoms with Gasteiger partial charge in [0.2, 0.25) is 0 Å². The summed E-state index contributed by atoms with van der Waals surface area (Å²) in [6, 6.07) is 8.25. The van der Waals surface area contributed by atoms with E-state index >= 15 is 0 Å². The number of hydrogen-bond donors (Lipinski definition) is 2. The van der Waals surface area contributed by atoms with E-state index in [0.29, 0.717) is 11.1 Å². The second-order valence-corrected chi connectivity index (χ2v) is 6.45. The zero-order chi connectivity index (χ0) is 19.1. The van der Waals surface area contributed by atoms with Crippen LogP contribution in [0, 0.1) is 11.6 Å². The van der Waals surface area contributed by atoms with Crippen molar-refractivity contribution in [3.05, 3.63) is 68.1 Å². The summed E-state index contributed by atoms with van der Waals surface area (Å²) in [6.45, 7) is 0. The standard InChI is InChI=1S/C16H10Br2F2N4O2/c17-11-5-9(1-3-13(11)19)7-21-23-15(25)16(26)24-22-8-10-2-4-14(20)12(18)6-10/h1-8H,(H,23,25)(H,24,26)/b21-7-,22-8-. The van der Waals surface area contributed by atoms with Crippen LogP contribution >= 0.6 is 31.9 Å². The minimum Gasteiger partial charge on any atom is -0.262 e. The van der Waals surface area contributed by atoms with Crippen LogP contribution in [-0.4, -0.2) is 24.2 Å². The number of nitrogens with one attached hydrogen (secondary N) is 2. The molecular formula is C16H10Br2F2N4O2. The Hall–Kier alpha value is -2.46. The smallest absolute Gasteiger partial charge is 0.262 e. The van der Waals surface area contributed by atoms with Crippen molar-refractivity contribution in [2.45, 2.75) is 0 Å². The van der Waals surface area contributed by atoms with E-state index < -0.39 is 23.4 Å². The number of hydrogen-bond acceptors (Lipinski definition) is 4. The van der Waals surface area contributed by atoms with Crippen LogP contribution in [0.25, 0.3) is 0 Å². The van der Waals surface area contributed by atoms with E-state index in [-0.39, 0.29) is 8.95 Å². The molecule has 0 fully saturated rings. The zero-order valence-electron chi connectivity index (χ0n) is 12.8. The highest BCUT2D eigenvalue weighted by Crippen LogP contribution is 2.16. The minimum absolute atomic E-state index is 0.243. The Balaban J connectivity index is 1.85. The van der Waals surface area contributed by atoms with Crippen LogP contribution in [0.4, 0.5) is 8.78 Å². The fourth-order valence-corrected chi connectivity index (χ4v) is 2.41. The average molecular weight is 488 g/mol. The first-order valence-corrected chi connectivity index (χ1v) is 8.52. The van der Waals surface area contributed by atoms with Gasteiger partial charge in [0.15, 0.2) is 0 Å². The molecule has 134 valence electrons. The molecule has 2 N–H and O–H groups in total. The van der Waals surface area contributed by atoms with Gasteiger partial charge in [-0.3, -0.25) is 9.59 Å². The molecule has 0 bridgehead atoms. The Labute approximate surface area is 163 Å². The Kier molecular flexibility index (Phi) is 7.10. The van der Waals surface area contributed by atoms with Crippen LogP contribution in [0.3, 0.4) is 0 Å². The Morgan fingerprint density at radius 2 is 1.19 bits per heavy atom. The second-order valence-electron chi connectivity index (χ2n) is 4.75. The third-order valence-corrected chi connectivity index (χ3v) is 4.07. The van der Waals surface area contributed by atoms with Crippen LogP contribution in [-0.2, 0) is 9.59 Å². The van der Waals surface area contributed by atoms with Crippen LogP contribution < -0.4 is 10.9 Å². The summed E-state index contributed by atoms with van der Waals surface area (Å²) in [6.07, 6.45) is 2.49. The predicted octanol–water partition coefficient (Wildman–Crippen LogP) is 3.09. The highest BCUT2D eigenvalue weighted by molar-refractivity contribution is 9.10. The van der Waals surface area contributed by atoms with Crippen molar-refractivity contribution in [1.82, 2.24) is 10.9 Å². The first-order valence-electron chi connectivity index (χ1n) is 6.93. The first-order chi connectivity index (χ1) is 12.4. The normalized spacial score (nSPS) is 11.1. The van der Waals surface area contributed by atoms with Gasteiger partial charge in [0.25, 0.3) is 0 Å². The molecule has 0 aliphatic carbocycles. The Morgan fingerprint density at radius 1 is 0.808 bits per heavy atom. The molecule has 0 atom stereocenters. The van der Waals surface area contributed by atoms with Gasteiger partial charge in [-0.2, -0.15) is 10.2 Å². The number of halogens is 4. The van der Waals surface area contributed by atoms with E-state index in [0.717, 1.165) is 0 Å². The van der Waals surface area contributed by atoms with E-state index in [9.17, 15) is 18.4 Å². The summed E-state index contributed by atoms with van der Waals surface area (Å²) in [5, 5.41) is 7.19. The first kappa shape index (κ1) is 19.9. The van der Waals surface area contributed by atoms with E-state index in [1.165, 1.54) is 48.8 Å². The maximum absolute atomic E-state index is 13.1. The van der Waals surface area contributed by atoms with Crippen LogP contribution in [0.5, 0.6) is 0 Å². The molecule has 2 amide bonds. The molecule has 0 saturated carbocycles. The quantitative estimate of drug-likeness (QED) is 0.394. The van der Waals surface area contributed by atoms with Crippen molar-refractivity contribution in [3.8, 4) is 0 Å². The highest BCUT2D eigenvalue weighted by Gasteiger charge is 2.11. The molecule has 0 spiro atoms. The van der Waals surface area contributed by atoms with Gasteiger partial charge in [0, 0.05) is 0 Å².